The fourth-order valence-corrected chi connectivity index (χ4v) is 5.02. The van der Waals surface area contributed by atoms with Gasteiger partial charge < -0.3 is 30.7 Å². The number of carbonyl (C=O) groups is 4. The molecular weight excluding hydrogens is 452 g/mol. The molecule has 0 unspecified atom stereocenters. The van der Waals surface area contributed by atoms with Gasteiger partial charge in [0.2, 0.25) is 17.7 Å². The van der Waals surface area contributed by atoms with Gasteiger partial charge in [-0.1, -0.05) is 33.1 Å². The van der Waals surface area contributed by atoms with Crippen LogP contribution in [0.1, 0.15) is 84.5 Å². The lowest BCUT2D eigenvalue weighted by molar-refractivity contribution is -0.132. The van der Waals surface area contributed by atoms with Crippen molar-refractivity contribution in [2.75, 3.05) is 19.8 Å². The van der Waals surface area contributed by atoms with Crippen molar-refractivity contribution in [3.8, 4) is 0 Å². The fourth-order valence-electron chi connectivity index (χ4n) is 5.02. The first-order chi connectivity index (χ1) is 16.8. The molecule has 2 atom stereocenters. The van der Waals surface area contributed by atoms with Crippen LogP contribution in [0.5, 0.6) is 0 Å². The van der Waals surface area contributed by atoms with Crippen LogP contribution in [-0.4, -0.2) is 67.3 Å². The monoisotopic (exact) mass is 494 g/mol. The number of hydrogen-bond acceptors (Lipinski definition) is 6. The molecule has 0 bridgehead atoms. The Balaban J connectivity index is 1.60. The fraction of sp³-hybridized carbons (Fsp3) is 0.840. The van der Waals surface area contributed by atoms with Crippen LogP contribution in [0.25, 0.3) is 0 Å². The molecule has 1 saturated carbocycles. The Bertz CT molecular complexity index is 746. The van der Waals surface area contributed by atoms with Crippen LogP contribution in [0.15, 0.2) is 0 Å². The van der Waals surface area contributed by atoms with Crippen molar-refractivity contribution < 1.29 is 28.7 Å². The molecule has 0 aromatic heterocycles. The normalized spacial score (nSPS) is 24.0. The summed E-state index contributed by atoms with van der Waals surface area (Å²) in [6, 6.07) is -0.969. The lowest BCUT2D eigenvalue weighted by atomic mass is 9.80. The predicted octanol–water partition coefficient (Wildman–Crippen LogP) is 1.91. The third-order valence-corrected chi connectivity index (χ3v) is 7.32. The summed E-state index contributed by atoms with van der Waals surface area (Å²) in [5.74, 6) is -0.715. The molecule has 1 aliphatic carbocycles. The molecule has 35 heavy (non-hydrogen) atoms. The second-order valence-electron chi connectivity index (χ2n) is 10.4. The summed E-state index contributed by atoms with van der Waals surface area (Å²) in [6.07, 6.45) is 6.67. The van der Waals surface area contributed by atoms with Gasteiger partial charge >= 0.3 is 6.09 Å². The maximum Gasteiger partial charge on any atom is 0.408 e. The molecule has 0 aromatic carbocycles. The summed E-state index contributed by atoms with van der Waals surface area (Å²) in [4.78, 5) is 51.2. The number of amides is 4. The minimum Gasteiger partial charge on any atom is -0.446 e. The minimum atomic E-state index is -1.05. The van der Waals surface area contributed by atoms with Crippen LogP contribution in [0.4, 0.5) is 4.79 Å². The van der Waals surface area contributed by atoms with E-state index in [-0.39, 0.29) is 36.2 Å². The molecule has 3 rings (SSSR count). The van der Waals surface area contributed by atoms with E-state index in [0.29, 0.717) is 51.9 Å². The van der Waals surface area contributed by atoms with Gasteiger partial charge in [0.25, 0.3) is 0 Å². The Labute approximate surface area is 208 Å². The zero-order valence-electron chi connectivity index (χ0n) is 21.2. The highest BCUT2D eigenvalue weighted by Gasteiger charge is 2.43. The number of hydrogen-bond donors (Lipinski definition) is 4. The van der Waals surface area contributed by atoms with E-state index < -0.39 is 23.7 Å². The number of alkyl carbamates (subject to hydrolysis) is 1. The average Bonchev–Trinajstić information content (AvgIpc) is 3.03. The summed E-state index contributed by atoms with van der Waals surface area (Å²) in [7, 11) is 0. The van der Waals surface area contributed by atoms with E-state index in [1.54, 1.807) is 0 Å². The SMILES string of the molecule is CC(C)[C@@H](CC(=O)N[C@H]1CCCCNC1=O)NC(=O)C1(NC(=O)OC2CCOCC2)CCCCC1. The molecule has 4 amide bonds. The van der Waals surface area contributed by atoms with E-state index in [0.717, 1.165) is 32.1 Å². The Hall–Kier alpha value is -2.36. The smallest absolute Gasteiger partial charge is 0.408 e. The second-order valence-corrected chi connectivity index (χ2v) is 10.4. The van der Waals surface area contributed by atoms with Gasteiger partial charge in [0.05, 0.1) is 13.2 Å². The number of rotatable bonds is 8. The molecule has 4 N–H and O–H groups in total. The molecule has 10 heteroatoms. The standard InChI is InChI=1S/C25H42N4O6/c1-17(2)20(16-21(30)27-19-8-4-7-13-26-22(19)31)28-23(32)25(11-5-3-6-12-25)29-24(33)35-18-9-14-34-15-10-18/h17-20H,3-16H2,1-2H3,(H,26,31)(H,27,30)(H,28,32)(H,29,33)/t19-,20+/m0/s1. The maximum atomic E-state index is 13.5. The molecule has 10 nitrogen and oxygen atoms in total. The predicted molar refractivity (Wildman–Crippen MR) is 129 cm³/mol. The Morgan fingerprint density at radius 1 is 1.06 bits per heavy atom. The molecule has 0 spiro atoms. The van der Waals surface area contributed by atoms with Crippen LogP contribution in [-0.2, 0) is 23.9 Å². The van der Waals surface area contributed by atoms with Crippen LogP contribution < -0.4 is 21.3 Å². The first-order valence-electron chi connectivity index (χ1n) is 13.2. The molecule has 3 aliphatic rings. The van der Waals surface area contributed by atoms with Crippen molar-refractivity contribution in [3.05, 3.63) is 0 Å². The zero-order chi connectivity index (χ0) is 25.3. The highest BCUT2D eigenvalue weighted by Crippen LogP contribution is 2.29. The van der Waals surface area contributed by atoms with Crippen molar-refractivity contribution in [1.82, 2.24) is 21.3 Å². The average molecular weight is 495 g/mol. The number of ether oxygens (including phenoxy) is 2. The van der Waals surface area contributed by atoms with Crippen LogP contribution >= 0.6 is 0 Å². The minimum absolute atomic E-state index is 0.0116. The van der Waals surface area contributed by atoms with E-state index in [1.807, 2.05) is 13.8 Å². The molecule has 3 fully saturated rings. The third-order valence-electron chi connectivity index (χ3n) is 7.32. The summed E-state index contributed by atoms with van der Waals surface area (Å²) in [5.41, 5.74) is -1.05. The summed E-state index contributed by atoms with van der Waals surface area (Å²) in [5, 5.41) is 11.6. The molecule has 2 saturated heterocycles. The van der Waals surface area contributed by atoms with Crippen LogP contribution in [0.3, 0.4) is 0 Å². The molecule has 2 aliphatic heterocycles. The zero-order valence-corrected chi connectivity index (χ0v) is 21.2. The van der Waals surface area contributed by atoms with Crippen molar-refractivity contribution in [2.45, 2.75) is 108 Å². The highest BCUT2D eigenvalue weighted by molar-refractivity contribution is 5.91. The van der Waals surface area contributed by atoms with Crippen LogP contribution in [0.2, 0.25) is 0 Å². The Morgan fingerprint density at radius 3 is 2.46 bits per heavy atom. The summed E-state index contributed by atoms with van der Waals surface area (Å²) < 4.78 is 10.9. The van der Waals surface area contributed by atoms with Gasteiger partial charge in [-0.2, -0.15) is 0 Å². The Morgan fingerprint density at radius 2 is 1.77 bits per heavy atom. The lowest BCUT2D eigenvalue weighted by Crippen LogP contribution is -2.62. The van der Waals surface area contributed by atoms with Gasteiger partial charge in [-0.05, 0) is 38.0 Å². The van der Waals surface area contributed by atoms with Crippen molar-refractivity contribution in [3.63, 3.8) is 0 Å². The van der Waals surface area contributed by atoms with Crippen molar-refractivity contribution in [2.24, 2.45) is 5.92 Å². The molecule has 0 radical (unpaired) electrons. The first-order valence-corrected chi connectivity index (χ1v) is 13.2. The summed E-state index contributed by atoms with van der Waals surface area (Å²) >= 11 is 0. The molecule has 198 valence electrons. The van der Waals surface area contributed by atoms with Gasteiger partial charge in [0.15, 0.2) is 0 Å². The van der Waals surface area contributed by atoms with E-state index in [2.05, 4.69) is 21.3 Å². The van der Waals surface area contributed by atoms with Gasteiger partial charge in [-0.3, -0.25) is 14.4 Å². The van der Waals surface area contributed by atoms with Crippen LogP contribution in [0, 0.1) is 5.92 Å². The second kappa shape index (κ2) is 13.1. The first kappa shape index (κ1) is 27.2. The molecule has 2 heterocycles. The number of carbonyl (C=O) groups excluding carboxylic acids is 4. The third kappa shape index (κ3) is 8.08. The highest BCUT2D eigenvalue weighted by atomic mass is 16.6. The quantitative estimate of drug-likeness (QED) is 0.407. The van der Waals surface area contributed by atoms with Crippen molar-refractivity contribution >= 4 is 23.8 Å². The lowest BCUT2D eigenvalue weighted by Gasteiger charge is -2.38. The topological polar surface area (TPSA) is 135 Å². The van der Waals surface area contributed by atoms with E-state index >= 15 is 0 Å². The van der Waals surface area contributed by atoms with Gasteiger partial charge in [-0.15, -0.1) is 0 Å². The maximum absolute atomic E-state index is 13.5. The van der Waals surface area contributed by atoms with Gasteiger partial charge in [-0.25, -0.2) is 4.79 Å². The van der Waals surface area contributed by atoms with Gasteiger partial charge in [0, 0.05) is 31.8 Å². The summed E-state index contributed by atoms with van der Waals surface area (Å²) in [6.45, 7) is 5.63. The number of nitrogens with one attached hydrogen (secondary N) is 4. The largest absolute Gasteiger partial charge is 0.446 e. The van der Waals surface area contributed by atoms with Crippen molar-refractivity contribution in [1.29, 1.82) is 0 Å². The van der Waals surface area contributed by atoms with E-state index in [9.17, 15) is 19.2 Å². The Kier molecular flexibility index (Phi) is 10.2. The van der Waals surface area contributed by atoms with E-state index in [4.69, 9.17) is 9.47 Å². The molecule has 0 aromatic rings. The molecular formula is C25H42N4O6. The van der Waals surface area contributed by atoms with Gasteiger partial charge in [0.1, 0.15) is 17.7 Å². The van der Waals surface area contributed by atoms with E-state index in [1.165, 1.54) is 0 Å².